The Hall–Kier alpha value is -2.40. The standard InChI is InChI=1S/C14H11ClN2O3/c15-11-7-6-10(8-16-11)13(18)17-12(14(19)20)9-4-2-1-3-5-9/h1-8,12H,(H,17,18)(H,19,20)/t12-/m1/s1. The predicted octanol–water partition coefficient (Wildman–Crippen LogP) is 2.29. The third kappa shape index (κ3) is 3.33. The number of nitrogens with zero attached hydrogens (tertiary/aromatic N) is 1. The van der Waals surface area contributed by atoms with Crippen LogP contribution < -0.4 is 5.32 Å². The fourth-order valence-corrected chi connectivity index (χ4v) is 1.77. The van der Waals surface area contributed by atoms with Gasteiger partial charge in [0.1, 0.15) is 5.15 Å². The van der Waals surface area contributed by atoms with Crippen LogP contribution in [-0.2, 0) is 4.79 Å². The largest absolute Gasteiger partial charge is 0.479 e. The summed E-state index contributed by atoms with van der Waals surface area (Å²) in [5.74, 6) is -1.66. The van der Waals surface area contributed by atoms with Gasteiger partial charge in [0.15, 0.2) is 6.04 Å². The first-order chi connectivity index (χ1) is 9.58. The Morgan fingerprint density at radius 2 is 1.85 bits per heavy atom. The van der Waals surface area contributed by atoms with Gasteiger partial charge in [-0.15, -0.1) is 0 Å². The van der Waals surface area contributed by atoms with Crippen molar-refractivity contribution in [1.82, 2.24) is 10.3 Å². The van der Waals surface area contributed by atoms with E-state index in [4.69, 9.17) is 11.6 Å². The SMILES string of the molecule is O=C(N[C@@H](C(=O)O)c1ccccc1)c1ccc(Cl)nc1. The number of pyridine rings is 1. The van der Waals surface area contributed by atoms with Crippen molar-refractivity contribution in [1.29, 1.82) is 0 Å². The number of amides is 1. The second-order valence-corrected chi connectivity index (χ2v) is 4.41. The van der Waals surface area contributed by atoms with E-state index in [9.17, 15) is 14.7 Å². The molecule has 102 valence electrons. The molecule has 0 unspecified atom stereocenters. The molecule has 0 saturated heterocycles. The Morgan fingerprint density at radius 3 is 2.40 bits per heavy atom. The number of carboxylic acid groups (broad SMARTS) is 1. The van der Waals surface area contributed by atoms with Crippen LogP contribution in [-0.4, -0.2) is 22.0 Å². The maximum Gasteiger partial charge on any atom is 0.330 e. The third-order valence-electron chi connectivity index (χ3n) is 2.64. The molecule has 2 rings (SSSR count). The molecule has 0 aliphatic rings. The van der Waals surface area contributed by atoms with Crippen molar-refractivity contribution in [3.63, 3.8) is 0 Å². The van der Waals surface area contributed by atoms with Crippen LogP contribution in [0.2, 0.25) is 5.15 Å². The van der Waals surface area contributed by atoms with Gasteiger partial charge >= 0.3 is 5.97 Å². The quantitative estimate of drug-likeness (QED) is 0.847. The van der Waals surface area contributed by atoms with Crippen LogP contribution in [0.5, 0.6) is 0 Å². The number of halogens is 1. The smallest absolute Gasteiger partial charge is 0.330 e. The van der Waals surface area contributed by atoms with Crippen molar-refractivity contribution >= 4 is 23.5 Å². The summed E-state index contributed by atoms with van der Waals surface area (Å²) in [5, 5.41) is 11.9. The number of rotatable bonds is 4. The Kier molecular flexibility index (Phi) is 4.32. The first kappa shape index (κ1) is 14.0. The van der Waals surface area contributed by atoms with Crippen molar-refractivity contribution in [3.05, 3.63) is 64.9 Å². The van der Waals surface area contributed by atoms with Crippen LogP contribution in [0.15, 0.2) is 48.7 Å². The van der Waals surface area contributed by atoms with Crippen LogP contribution in [0.4, 0.5) is 0 Å². The molecule has 0 spiro atoms. The van der Waals surface area contributed by atoms with E-state index < -0.39 is 17.9 Å². The number of nitrogens with one attached hydrogen (secondary N) is 1. The summed E-state index contributed by atoms with van der Waals surface area (Å²) < 4.78 is 0. The van der Waals surface area contributed by atoms with Gasteiger partial charge in [-0.05, 0) is 17.7 Å². The highest BCUT2D eigenvalue weighted by Gasteiger charge is 2.22. The van der Waals surface area contributed by atoms with E-state index in [1.165, 1.54) is 18.3 Å². The number of carbonyl (C=O) groups excluding carboxylic acids is 1. The molecule has 0 bridgehead atoms. The molecule has 1 aromatic carbocycles. The van der Waals surface area contributed by atoms with Gasteiger partial charge in [0.2, 0.25) is 0 Å². The average molecular weight is 291 g/mol. The van der Waals surface area contributed by atoms with Gasteiger partial charge in [-0.3, -0.25) is 4.79 Å². The number of benzene rings is 1. The number of hydrogen-bond acceptors (Lipinski definition) is 3. The van der Waals surface area contributed by atoms with Gasteiger partial charge in [-0.25, -0.2) is 9.78 Å². The van der Waals surface area contributed by atoms with Crippen LogP contribution in [0.1, 0.15) is 22.0 Å². The lowest BCUT2D eigenvalue weighted by molar-refractivity contribution is -0.139. The average Bonchev–Trinajstić information content (AvgIpc) is 2.46. The summed E-state index contributed by atoms with van der Waals surface area (Å²) in [6, 6.07) is 10.3. The molecule has 2 aromatic rings. The van der Waals surface area contributed by atoms with Gasteiger partial charge in [-0.2, -0.15) is 0 Å². The molecule has 0 aliphatic carbocycles. The van der Waals surface area contributed by atoms with Gasteiger partial charge in [-0.1, -0.05) is 41.9 Å². The minimum Gasteiger partial charge on any atom is -0.479 e. The Morgan fingerprint density at radius 1 is 1.15 bits per heavy atom. The van der Waals surface area contributed by atoms with Gasteiger partial charge in [0.05, 0.1) is 5.56 Å². The van der Waals surface area contributed by atoms with E-state index in [1.54, 1.807) is 30.3 Å². The zero-order valence-electron chi connectivity index (χ0n) is 10.3. The van der Waals surface area contributed by atoms with E-state index in [1.807, 2.05) is 0 Å². The van der Waals surface area contributed by atoms with E-state index in [0.717, 1.165) is 0 Å². The van der Waals surface area contributed by atoms with Crippen molar-refractivity contribution in [2.24, 2.45) is 0 Å². The van der Waals surface area contributed by atoms with Crippen molar-refractivity contribution in [3.8, 4) is 0 Å². The molecule has 1 heterocycles. The highest BCUT2D eigenvalue weighted by atomic mass is 35.5. The maximum atomic E-state index is 12.0. The first-order valence-electron chi connectivity index (χ1n) is 5.78. The van der Waals surface area contributed by atoms with Gasteiger partial charge < -0.3 is 10.4 Å². The Labute approximate surface area is 120 Å². The number of carboxylic acids is 1. The highest BCUT2D eigenvalue weighted by molar-refractivity contribution is 6.29. The minimum absolute atomic E-state index is 0.247. The van der Waals surface area contributed by atoms with Crippen molar-refractivity contribution in [2.45, 2.75) is 6.04 Å². The zero-order chi connectivity index (χ0) is 14.5. The third-order valence-corrected chi connectivity index (χ3v) is 2.87. The summed E-state index contributed by atoms with van der Waals surface area (Å²) in [6.07, 6.45) is 1.29. The molecule has 1 aromatic heterocycles. The lowest BCUT2D eigenvalue weighted by Crippen LogP contribution is -2.33. The van der Waals surface area contributed by atoms with E-state index in [0.29, 0.717) is 5.56 Å². The lowest BCUT2D eigenvalue weighted by Gasteiger charge is -2.14. The highest BCUT2D eigenvalue weighted by Crippen LogP contribution is 2.14. The number of aromatic nitrogens is 1. The molecule has 6 heteroatoms. The first-order valence-corrected chi connectivity index (χ1v) is 6.16. The summed E-state index contributed by atoms with van der Waals surface area (Å²) in [4.78, 5) is 27.0. The Balaban J connectivity index is 2.19. The van der Waals surface area contributed by atoms with Gasteiger partial charge in [0, 0.05) is 6.20 Å². The molecule has 5 nitrogen and oxygen atoms in total. The molecule has 0 saturated carbocycles. The zero-order valence-corrected chi connectivity index (χ0v) is 11.0. The fraction of sp³-hybridized carbons (Fsp3) is 0.0714. The molecule has 1 atom stereocenters. The number of hydrogen-bond donors (Lipinski definition) is 2. The predicted molar refractivity (Wildman–Crippen MR) is 73.5 cm³/mol. The van der Waals surface area contributed by atoms with Gasteiger partial charge in [0.25, 0.3) is 5.91 Å². The van der Waals surface area contributed by atoms with Crippen LogP contribution in [0.25, 0.3) is 0 Å². The van der Waals surface area contributed by atoms with Crippen LogP contribution >= 0.6 is 11.6 Å². The van der Waals surface area contributed by atoms with Crippen molar-refractivity contribution < 1.29 is 14.7 Å². The van der Waals surface area contributed by atoms with E-state index in [-0.39, 0.29) is 10.7 Å². The summed E-state index contributed by atoms with van der Waals surface area (Å²) in [6.45, 7) is 0. The molecule has 20 heavy (non-hydrogen) atoms. The molecular formula is C14H11ClN2O3. The lowest BCUT2D eigenvalue weighted by atomic mass is 10.1. The second-order valence-electron chi connectivity index (χ2n) is 4.02. The van der Waals surface area contributed by atoms with Crippen LogP contribution in [0.3, 0.4) is 0 Å². The molecule has 1 amide bonds. The monoisotopic (exact) mass is 290 g/mol. The number of carbonyl (C=O) groups is 2. The van der Waals surface area contributed by atoms with E-state index >= 15 is 0 Å². The van der Waals surface area contributed by atoms with E-state index in [2.05, 4.69) is 10.3 Å². The minimum atomic E-state index is -1.13. The topological polar surface area (TPSA) is 79.3 Å². The Bertz CT molecular complexity index is 614. The van der Waals surface area contributed by atoms with Crippen LogP contribution in [0, 0.1) is 0 Å². The maximum absolute atomic E-state index is 12.0. The molecule has 0 fully saturated rings. The normalized spacial score (nSPS) is 11.7. The summed E-state index contributed by atoms with van der Waals surface area (Å²) in [7, 11) is 0. The summed E-state index contributed by atoms with van der Waals surface area (Å²) in [5.41, 5.74) is 0.742. The molecule has 0 aliphatic heterocycles. The molecular weight excluding hydrogens is 280 g/mol. The summed E-state index contributed by atoms with van der Waals surface area (Å²) >= 11 is 5.63. The number of aliphatic carboxylic acids is 1. The molecule has 2 N–H and O–H groups in total. The fourth-order valence-electron chi connectivity index (χ4n) is 1.66. The van der Waals surface area contributed by atoms with Crippen molar-refractivity contribution in [2.75, 3.05) is 0 Å². The second kappa shape index (κ2) is 6.16. The molecule has 0 radical (unpaired) electrons.